The van der Waals surface area contributed by atoms with Crippen molar-refractivity contribution in [2.24, 2.45) is 7.05 Å². The summed E-state index contributed by atoms with van der Waals surface area (Å²) in [6.07, 6.45) is -1.11. The number of anilines is 2. The van der Waals surface area contributed by atoms with E-state index in [2.05, 4.69) is 26.0 Å². The van der Waals surface area contributed by atoms with Gasteiger partial charge < -0.3 is 15.5 Å². The number of hydrogen-bond donors (Lipinski definition) is 2. The average Bonchev–Trinajstić information content (AvgIpc) is 3.45. The van der Waals surface area contributed by atoms with Crippen LogP contribution in [0, 0.1) is 13.8 Å². The van der Waals surface area contributed by atoms with Crippen LogP contribution in [0.2, 0.25) is 0 Å². The van der Waals surface area contributed by atoms with Crippen LogP contribution in [0.25, 0.3) is 16.9 Å². The van der Waals surface area contributed by atoms with E-state index in [-0.39, 0.29) is 16.9 Å². The number of hydrogen-bond acceptors (Lipinski definition) is 6. The molecular formula is C26H29F3N8O. The van der Waals surface area contributed by atoms with Gasteiger partial charge in [-0.3, -0.25) is 9.48 Å². The molecule has 2 aromatic carbocycles. The molecule has 0 spiro atoms. The maximum Gasteiger partial charge on any atom is 0.416 e. The largest absolute Gasteiger partial charge is 0.416 e. The van der Waals surface area contributed by atoms with E-state index in [4.69, 9.17) is 0 Å². The maximum atomic E-state index is 13.5. The van der Waals surface area contributed by atoms with Crippen LogP contribution < -0.4 is 10.6 Å². The first-order valence-electron chi connectivity index (χ1n) is 11.9. The van der Waals surface area contributed by atoms with Gasteiger partial charge in [0.1, 0.15) is 5.69 Å². The molecule has 1 amide bonds. The minimum atomic E-state index is -4.56. The van der Waals surface area contributed by atoms with Gasteiger partial charge in [0.15, 0.2) is 0 Å². The minimum Gasteiger partial charge on any atom is -0.384 e. The van der Waals surface area contributed by atoms with Crippen molar-refractivity contribution in [1.82, 2.24) is 29.7 Å². The number of amides is 1. The molecule has 0 aliphatic carbocycles. The first-order chi connectivity index (χ1) is 17.9. The Bertz CT molecular complexity index is 1460. The van der Waals surface area contributed by atoms with Gasteiger partial charge in [-0.2, -0.15) is 18.3 Å². The number of likely N-dealkylation sites (N-methyl/N-ethyl adjacent to an activating group) is 1. The van der Waals surface area contributed by atoms with Gasteiger partial charge in [-0.1, -0.05) is 11.3 Å². The van der Waals surface area contributed by atoms with Crippen LogP contribution in [0.4, 0.5) is 24.5 Å². The van der Waals surface area contributed by atoms with Gasteiger partial charge in [-0.05, 0) is 63.8 Å². The predicted molar refractivity (Wildman–Crippen MR) is 139 cm³/mol. The molecule has 9 nitrogen and oxygen atoms in total. The van der Waals surface area contributed by atoms with E-state index in [1.807, 2.05) is 39.9 Å². The fourth-order valence-electron chi connectivity index (χ4n) is 3.85. The van der Waals surface area contributed by atoms with Crippen LogP contribution >= 0.6 is 0 Å². The SMILES string of the molecule is Cc1ccc(C(=O)Nc2cc(NCCN(C)C)cc(C(F)(F)F)c2)cc1-n1cc(-c2cnn(C)c2C)nn1. The summed E-state index contributed by atoms with van der Waals surface area (Å²) >= 11 is 0. The van der Waals surface area contributed by atoms with Crippen molar-refractivity contribution >= 4 is 17.3 Å². The highest BCUT2D eigenvalue weighted by atomic mass is 19.4. The summed E-state index contributed by atoms with van der Waals surface area (Å²) in [6.45, 7) is 4.87. The van der Waals surface area contributed by atoms with Crippen molar-refractivity contribution in [3.05, 3.63) is 71.2 Å². The third kappa shape index (κ3) is 6.02. The normalized spacial score (nSPS) is 11.7. The second kappa shape index (κ2) is 10.7. The van der Waals surface area contributed by atoms with Gasteiger partial charge in [0, 0.05) is 48.3 Å². The fraction of sp³-hybridized carbons (Fsp3) is 0.308. The molecule has 0 fully saturated rings. The summed E-state index contributed by atoms with van der Waals surface area (Å²) in [4.78, 5) is 15.0. The number of carbonyl (C=O) groups is 1. The van der Waals surface area contributed by atoms with Crippen molar-refractivity contribution in [2.45, 2.75) is 20.0 Å². The number of nitrogens with zero attached hydrogens (tertiary/aromatic N) is 6. The first-order valence-corrected chi connectivity index (χ1v) is 11.9. The van der Waals surface area contributed by atoms with Crippen molar-refractivity contribution in [3.8, 4) is 16.9 Å². The molecule has 2 aromatic heterocycles. The Morgan fingerprint density at radius 3 is 2.47 bits per heavy atom. The zero-order valence-electron chi connectivity index (χ0n) is 21.8. The van der Waals surface area contributed by atoms with E-state index in [0.717, 1.165) is 29.0 Å². The number of halogens is 3. The molecule has 0 radical (unpaired) electrons. The maximum absolute atomic E-state index is 13.5. The second-order valence-electron chi connectivity index (χ2n) is 9.30. The van der Waals surface area contributed by atoms with Gasteiger partial charge in [0.05, 0.1) is 23.6 Å². The van der Waals surface area contributed by atoms with Crippen LogP contribution in [-0.4, -0.2) is 62.8 Å². The molecule has 0 unspecified atom stereocenters. The number of nitrogens with one attached hydrogen (secondary N) is 2. The lowest BCUT2D eigenvalue weighted by Crippen LogP contribution is -2.21. The molecule has 200 valence electrons. The van der Waals surface area contributed by atoms with Crippen LogP contribution in [-0.2, 0) is 13.2 Å². The Morgan fingerprint density at radius 1 is 1.08 bits per heavy atom. The van der Waals surface area contributed by atoms with Gasteiger partial charge in [-0.25, -0.2) is 4.68 Å². The quantitative estimate of drug-likeness (QED) is 0.351. The second-order valence-corrected chi connectivity index (χ2v) is 9.30. The summed E-state index contributed by atoms with van der Waals surface area (Å²) in [7, 11) is 5.58. The summed E-state index contributed by atoms with van der Waals surface area (Å²) < 4.78 is 43.9. The molecule has 0 aliphatic heterocycles. The average molecular weight is 527 g/mol. The number of benzene rings is 2. The Balaban J connectivity index is 1.59. The van der Waals surface area contributed by atoms with Gasteiger partial charge >= 0.3 is 6.18 Å². The molecule has 2 heterocycles. The minimum absolute atomic E-state index is 0.0365. The van der Waals surface area contributed by atoms with Crippen LogP contribution in [0.5, 0.6) is 0 Å². The smallest absolute Gasteiger partial charge is 0.384 e. The Labute approximate surface area is 218 Å². The molecule has 0 atom stereocenters. The number of rotatable bonds is 8. The zero-order valence-corrected chi connectivity index (χ0v) is 21.8. The summed E-state index contributed by atoms with van der Waals surface area (Å²) in [6, 6.07) is 8.43. The molecule has 0 saturated carbocycles. The molecule has 12 heteroatoms. The molecule has 38 heavy (non-hydrogen) atoms. The van der Waals surface area contributed by atoms with Gasteiger partial charge in [-0.15, -0.1) is 5.10 Å². The summed E-state index contributed by atoms with van der Waals surface area (Å²) in [5.41, 5.74) is 3.57. The zero-order chi connectivity index (χ0) is 27.6. The van der Waals surface area contributed by atoms with E-state index < -0.39 is 17.6 Å². The fourth-order valence-corrected chi connectivity index (χ4v) is 3.85. The highest BCUT2D eigenvalue weighted by Crippen LogP contribution is 2.33. The Hall–Kier alpha value is -4.19. The van der Waals surface area contributed by atoms with E-state index in [1.54, 1.807) is 40.0 Å². The lowest BCUT2D eigenvalue weighted by Gasteiger charge is -2.16. The predicted octanol–water partition coefficient (Wildman–Crippen LogP) is 4.53. The van der Waals surface area contributed by atoms with E-state index >= 15 is 0 Å². The molecule has 0 aliphatic rings. The van der Waals surface area contributed by atoms with E-state index in [1.165, 1.54) is 6.07 Å². The van der Waals surface area contributed by atoms with Gasteiger partial charge in [0.25, 0.3) is 5.91 Å². The summed E-state index contributed by atoms with van der Waals surface area (Å²) in [5, 5.41) is 18.3. The van der Waals surface area contributed by atoms with Gasteiger partial charge in [0.2, 0.25) is 0 Å². The third-order valence-corrected chi connectivity index (χ3v) is 6.13. The van der Waals surface area contributed by atoms with Crippen molar-refractivity contribution in [3.63, 3.8) is 0 Å². The van der Waals surface area contributed by atoms with Crippen molar-refractivity contribution in [1.29, 1.82) is 0 Å². The number of carbonyl (C=O) groups excluding carboxylic acids is 1. The monoisotopic (exact) mass is 526 g/mol. The number of aryl methyl sites for hydroxylation is 2. The van der Waals surface area contributed by atoms with Crippen LogP contribution in [0.1, 0.15) is 27.2 Å². The number of aromatic nitrogens is 5. The molecule has 2 N–H and O–H groups in total. The van der Waals surface area contributed by atoms with Crippen LogP contribution in [0.3, 0.4) is 0 Å². The lowest BCUT2D eigenvalue weighted by molar-refractivity contribution is -0.137. The van der Waals surface area contributed by atoms with Crippen LogP contribution in [0.15, 0.2) is 48.8 Å². The molecule has 0 saturated heterocycles. The van der Waals surface area contributed by atoms with Crippen molar-refractivity contribution < 1.29 is 18.0 Å². The topological polar surface area (TPSA) is 92.9 Å². The number of alkyl halides is 3. The molecule has 4 aromatic rings. The third-order valence-electron chi connectivity index (χ3n) is 6.13. The Morgan fingerprint density at radius 2 is 1.82 bits per heavy atom. The van der Waals surface area contributed by atoms with Crippen molar-refractivity contribution in [2.75, 3.05) is 37.8 Å². The lowest BCUT2D eigenvalue weighted by atomic mass is 10.1. The highest BCUT2D eigenvalue weighted by molar-refractivity contribution is 6.05. The highest BCUT2D eigenvalue weighted by Gasteiger charge is 2.31. The molecule has 4 rings (SSSR count). The molecule has 0 bridgehead atoms. The van der Waals surface area contributed by atoms with E-state index in [9.17, 15) is 18.0 Å². The summed E-state index contributed by atoms with van der Waals surface area (Å²) in [5.74, 6) is -0.548. The van der Waals surface area contributed by atoms with E-state index in [0.29, 0.717) is 24.5 Å². The standard InChI is InChI=1S/C26H29F3N8O/c1-16-6-7-18(10-24(16)37-15-23(33-34-37)22-14-31-36(5)17(22)2)25(38)32-21-12-19(26(27,28)29)11-20(13-21)30-8-9-35(3)4/h6-7,10-15,30H,8-9H2,1-5H3,(H,32,38). The molecular weight excluding hydrogens is 497 g/mol. The Kier molecular flexibility index (Phi) is 7.53. The first kappa shape index (κ1) is 26.9.